The molecular formula is C17H36. The Morgan fingerprint density at radius 1 is 0.765 bits per heavy atom. The van der Waals surface area contributed by atoms with Gasteiger partial charge in [-0.05, 0) is 29.6 Å². The summed E-state index contributed by atoms with van der Waals surface area (Å²) in [5.41, 5.74) is 0.971. The third kappa shape index (κ3) is 4.64. The lowest BCUT2D eigenvalue weighted by Crippen LogP contribution is -2.40. The van der Waals surface area contributed by atoms with E-state index >= 15 is 0 Å². The first-order valence-corrected chi connectivity index (χ1v) is 7.81. The van der Waals surface area contributed by atoms with Gasteiger partial charge in [-0.2, -0.15) is 0 Å². The minimum absolute atomic E-state index is 0.434. The van der Waals surface area contributed by atoms with Crippen molar-refractivity contribution in [1.82, 2.24) is 0 Å². The van der Waals surface area contributed by atoms with E-state index in [1.165, 1.54) is 44.9 Å². The Balaban J connectivity index is 4.68. The van der Waals surface area contributed by atoms with E-state index in [1.807, 2.05) is 0 Å². The molecular weight excluding hydrogens is 204 g/mol. The number of hydrogen-bond donors (Lipinski definition) is 0. The molecule has 0 amide bonds. The predicted molar refractivity (Wildman–Crippen MR) is 80.4 cm³/mol. The van der Waals surface area contributed by atoms with E-state index in [-0.39, 0.29) is 0 Å². The summed E-state index contributed by atoms with van der Waals surface area (Å²) < 4.78 is 0. The van der Waals surface area contributed by atoms with Crippen LogP contribution in [0.2, 0.25) is 0 Å². The van der Waals surface area contributed by atoms with Crippen LogP contribution in [0.1, 0.15) is 93.4 Å². The highest BCUT2D eigenvalue weighted by atomic mass is 14.5. The van der Waals surface area contributed by atoms with Gasteiger partial charge < -0.3 is 0 Å². The molecule has 0 heterocycles. The van der Waals surface area contributed by atoms with Crippen molar-refractivity contribution in [3.63, 3.8) is 0 Å². The fourth-order valence-electron chi connectivity index (χ4n) is 3.63. The van der Waals surface area contributed by atoms with Crippen molar-refractivity contribution in [3.05, 3.63) is 0 Å². The van der Waals surface area contributed by atoms with Gasteiger partial charge >= 0.3 is 0 Å². The minimum Gasteiger partial charge on any atom is -0.0654 e. The van der Waals surface area contributed by atoms with Crippen molar-refractivity contribution in [2.45, 2.75) is 93.4 Å². The SMILES string of the molecule is CCCCCCC(CCC)(C(C)C)C(C)(C)C. The molecule has 0 aliphatic rings. The second kappa shape index (κ2) is 7.44. The zero-order valence-electron chi connectivity index (χ0n) is 13.5. The molecule has 0 aliphatic carbocycles. The Bertz CT molecular complexity index is 185. The maximum atomic E-state index is 2.45. The predicted octanol–water partition coefficient (Wildman–Crippen LogP) is 6.45. The van der Waals surface area contributed by atoms with Gasteiger partial charge in [-0.15, -0.1) is 0 Å². The smallest absolute Gasteiger partial charge is 0.0226 e. The van der Waals surface area contributed by atoms with Crippen LogP contribution >= 0.6 is 0 Å². The lowest BCUT2D eigenvalue weighted by Gasteiger charge is -2.49. The monoisotopic (exact) mass is 240 g/mol. The van der Waals surface area contributed by atoms with Crippen LogP contribution in [-0.2, 0) is 0 Å². The summed E-state index contributed by atoms with van der Waals surface area (Å²) in [5.74, 6) is 0.795. The van der Waals surface area contributed by atoms with Gasteiger partial charge in [0.2, 0.25) is 0 Å². The Kier molecular flexibility index (Phi) is 7.44. The molecule has 0 saturated heterocycles. The summed E-state index contributed by atoms with van der Waals surface area (Å²) in [4.78, 5) is 0. The van der Waals surface area contributed by atoms with Crippen LogP contribution in [0.5, 0.6) is 0 Å². The first kappa shape index (κ1) is 17.0. The summed E-state index contributed by atoms with van der Waals surface area (Å²) in [6, 6.07) is 0. The summed E-state index contributed by atoms with van der Waals surface area (Å²) in [6.45, 7) is 16.8. The van der Waals surface area contributed by atoms with E-state index in [1.54, 1.807) is 0 Å². The van der Waals surface area contributed by atoms with E-state index in [0.29, 0.717) is 10.8 Å². The molecule has 0 aromatic carbocycles. The number of unbranched alkanes of at least 4 members (excludes halogenated alkanes) is 3. The molecule has 0 radical (unpaired) electrons. The maximum Gasteiger partial charge on any atom is -0.0226 e. The van der Waals surface area contributed by atoms with Gasteiger partial charge in [0.15, 0.2) is 0 Å². The Hall–Kier alpha value is 0. The summed E-state index contributed by atoms with van der Waals surface area (Å²) in [7, 11) is 0. The van der Waals surface area contributed by atoms with Crippen molar-refractivity contribution < 1.29 is 0 Å². The summed E-state index contributed by atoms with van der Waals surface area (Å²) >= 11 is 0. The molecule has 17 heavy (non-hydrogen) atoms. The zero-order valence-corrected chi connectivity index (χ0v) is 13.5. The normalized spacial score (nSPS) is 16.2. The van der Waals surface area contributed by atoms with Crippen LogP contribution in [0.4, 0.5) is 0 Å². The molecule has 0 bridgehead atoms. The van der Waals surface area contributed by atoms with E-state index < -0.39 is 0 Å². The fraction of sp³-hybridized carbons (Fsp3) is 1.00. The molecule has 0 rings (SSSR count). The van der Waals surface area contributed by atoms with Crippen molar-refractivity contribution in [2.24, 2.45) is 16.7 Å². The highest BCUT2D eigenvalue weighted by molar-refractivity contribution is 4.92. The first-order chi connectivity index (χ1) is 7.81. The topological polar surface area (TPSA) is 0 Å². The quantitative estimate of drug-likeness (QED) is 0.428. The Labute approximate surface area is 111 Å². The largest absolute Gasteiger partial charge is 0.0654 e. The van der Waals surface area contributed by atoms with E-state index in [4.69, 9.17) is 0 Å². The maximum absolute atomic E-state index is 2.45. The van der Waals surface area contributed by atoms with Crippen LogP contribution in [-0.4, -0.2) is 0 Å². The molecule has 1 unspecified atom stereocenters. The van der Waals surface area contributed by atoms with E-state index in [2.05, 4.69) is 48.5 Å². The fourth-order valence-corrected chi connectivity index (χ4v) is 3.63. The molecule has 0 spiro atoms. The Morgan fingerprint density at radius 3 is 1.71 bits per heavy atom. The van der Waals surface area contributed by atoms with Crippen molar-refractivity contribution in [3.8, 4) is 0 Å². The van der Waals surface area contributed by atoms with Crippen molar-refractivity contribution >= 4 is 0 Å². The second-order valence-electron chi connectivity index (χ2n) is 7.12. The van der Waals surface area contributed by atoms with Gasteiger partial charge in [0.25, 0.3) is 0 Å². The van der Waals surface area contributed by atoms with Crippen LogP contribution in [0.25, 0.3) is 0 Å². The van der Waals surface area contributed by atoms with E-state index in [9.17, 15) is 0 Å². The van der Waals surface area contributed by atoms with Crippen LogP contribution in [0, 0.1) is 16.7 Å². The minimum atomic E-state index is 0.434. The van der Waals surface area contributed by atoms with Gasteiger partial charge in [-0.3, -0.25) is 0 Å². The lowest BCUT2D eigenvalue weighted by atomic mass is 9.56. The van der Waals surface area contributed by atoms with Crippen LogP contribution in [0.15, 0.2) is 0 Å². The molecule has 0 saturated carbocycles. The molecule has 0 aliphatic heterocycles. The average Bonchev–Trinajstić information content (AvgIpc) is 2.20. The highest BCUT2D eigenvalue weighted by Crippen LogP contribution is 2.51. The first-order valence-electron chi connectivity index (χ1n) is 7.81. The third-order valence-corrected chi connectivity index (χ3v) is 4.77. The standard InChI is InChI=1S/C17H36/c1-8-10-11-12-14-17(13-9-2,15(3)4)16(5,6)7/h15H,8-14H2,1-7H3. The second-order valence-corrected chi connectivity index (χ2v) is 7.12. The van der Waals surface area contributed by atoms with Crippen LogP contribution < -0.4 is 0 Å². The summed E-state index contributed by atoms with van der Waals surface area (Å²) in [6.07, 6.45) is 9.72. The van der Waals surface area contributed by atoms with Gasteiger partial charge in [0, 0.05) is 0 Å². The van der Waals surface area contributed by atoms with Crippen molar-refractivity contribution in [1.29, 1.82) is 0 Å². The average molecular weight is 240 g/mol. The summed E-state index contributed by atoms with van der Waals surface area (Å²) in [5, 5.41) is 0. The molecule has 0 N–H and O–H groups in total. The Morgan fingerprint density at radius 2 is 1.35 bits per heavy atom. The van der Waals surface area contributed by atoms with E-state index in [0.717, 1.165) is 5.92 Å². The molecule has 0 nitrogen and oxygen atoms in total. The van der Waals surface area contributed by atoms with Gasteiger partial charge in [0.1, 0.15) is 0 Å². The van der Waals surface area contributed by atoms with Crippen molar-refractivity contribution in [2.75, 3.05) is 0 Å². The van der Waals surface area contributed by atoms with Gasteiger partial charge in [-0.25, -0.2) is 0 Å². The molecule has 0 heteroatoms. The molecule has 0 aromatic rings. The highest BCUT2D eigenvalue weighted by Gasteiger charge is 2.42. The molecule has 0 fully saturated rings. The third-order valence-electron chi connectivity index (χ3n) is 4.77. The number of rotatable bonds is 8. The molecule has 1 atom stereocenters. The molecule has 0 aromatic heterocycles. The van der Waals surface area contributed by atoms with Gasteiger partial charge in [-0.1, -0.05) is 80.6 Å². The lowest BCUT2D eigenvalue weighted by molar-refractivity contribution is 0.00752. The number of hydrogen-bond acceptors (Lipinski definition) is 0. The van der Waals surface area contributed by atoms with Crippen LogP contribution in [0.3, 0.4) is 0 Å². The van der Waals surface area contributed by atoms with Gasteiger partial charge in [0.05, 0.1) is 0 Å². The molecule has 104 valence electrons. The zero-order chi connectivity index (χ0) is 13.5.